The van der Waals surface area contributed by atoms with E-state index in [1.54, 1.807) is 24.3 Å². The van der Waals surface area contributed by atoms with Crippen LogP contribution < -0.4 is 0 Å². The molecule has 0 bridgehead atoms. The Morgan fingerprint density at radius 1 is 1.26 bits per heavy atom. The van der Waals surface area contributed by atoms with E-state index >= 15 is 0 Å². The number of carbonyl (C=O) groups is 1. The highest BCUT2D eigenvalue weighted by Gasteiger charge is 2.17. The lowest BCUT2D eigenvalue weighted by atomic mass is 10.1. The molecule has 0 aliphatic heterocycles. The normalized spacial score (nSPS) is 13.1. The van der Waals surface area contributed by atoms with E-state index in [1.807, 2.05) is 20.8 Å². The SMILES string of the molecule is CC(C)(C)OC(=O)c1ccc(CS(=O)CCO)cc1. The van der Waals surface area contributed by atoms with Gasteiger partial charge < -0.3 is 9.84 Å². The van der Waals surface area contributed by atoms with Gasteiger partial charge in [0.05, 0.1) is 12.2 Å². The lowest BCUT2D eigenvalue weighted by molar-refractivity contribution is 0.00695. The second-order valence-electron chi connectivity index (χ2n) is 5.21. The van der Waals surface area contributed by atoms with Crippen LogP contribution in [0, 0.1) is 0 Å². The van der Waals surface area contributed by atoms with Gasteiger partial charge in [-0.1, -0.05) is 12.1 Å². The van der Waals surface area contributed by atoms with E-state index in [2.05, 4.69) is 0 Å². The Morgan fingerprint density at radius 3 is 2.32 bits per heavy atom. The molecular weight excluding hydrogens is 264 g/mol. The van der Waals surface area contributed by atoms with E-state index in [0.717, 1.165) is 5.56 Å². The van der Waals surface area contributed by atoms with Crippen molar-refractivity contribution >= 4 is 16.8 Å². The summed E-state index contributed by atoms with van der Waals surface area (Å²) in [4.78, 5) is 11.8. The van der Waals surface area contributed by atoms with E-state index in [-0.39, 0.29) is 18.3 Å². The van der Waals surface area contributed by atoms with Crippen LogP contribution in [0.1, 0.15) is 36.7 Å². The first kappa shape index (κ1) is 15.9. The molecule has 0 aliphatic rings. The van der Waals surface area contributed by atoms with Gasteiger partial charge in [-0.05, 0) is 38.5 Å². The topological polar surface area (TPSA) is 63.6 Å². The highest BCUT2D eigenvalue weighted by molar-refractivity contribution is 7.84. The third kappa shape index (κ3) is 5.98. The first-order valence-corrected chi connectivity index (χ1v) is 7.59. The molecule has 0 aliphatic carbocycles. The summed E-state index contributed by atoms with van der Waals surface area (Å²) >= 11 is 0. The lowest BCUT2D eigenvalue weighted by Crippen LogP contribution is -2.23. The minimum absolute atomic E-state index is 0.0808. The maximum Gasteiger partial charge on any atom is 0.338 e. The van der Waals surface area contributed by atoms with Crippen LogP contribution in [0.3, 0.4) is 0 Å². The predicted molar refractivity (Wildman–Crippen MR) is 75.4 cm³/mol. The summed E-state index contributed by atoms with van der Waals surface area (Å²) in [5.74, 6) is 0.290. The zero-order chi connectivity index (χ0) is 14.5. The molecule has 1 aromatic rings. The van der Waals surface area contributed by atoms with Gasteiger partial charge >= 0.3 is 5.97 Å². The van der Waals surface area contributed by atoms with Crippen molar-refractivity contribution in [3.8, 4) is 0 Å². The number of hydrogen-bond acceptors (Lipinski definition) is 4. The van der Waals surface area contributed by atoms with Gasteiger partial charge in [0.25, 0.3) is 0 Å². The van der Waals surface area contributed by atoms with Crippen molar-refractivity contribution < 1.29 is 18.8 Å². The molecule has 0 fully saturated rings. The Bertz CT molecular complexity index is 446. The molecule has 106 valence electrons. The van der Waals surface area contributed by atoms with Gasteiger partial charge in [-0.2, -0.15) is 0 Å². The Balaban J connectivity index is 2.66. The van der Waals surface area contributed by atoms with Crippen LogP contribution in [0.25, 0.3) is 0 Å². The molecule has 1 unspecified atom stereocenters. The van der Waals surface area contributed by atoms with Crippen molar-refractivity contribution in [1.29, 1.82) is 0 Å². The van der Waals surface area contributed by atoms with Crippen LogP contribution in [0.4, 0.5) is 0 Å². The smallest absolute Gasteiger partial charge is 0.338 e. The van der Waals surface area contributed by atoms with Crippen LogP contribution in [0.5, 0.6) is 0 Å². The first-order valence-electron chi connectivity index (χ1n) is 6.10. The molecule has 4 nitrogen and oxygen atoms in total. The molecule has 1 rings (SSSR count). The van der Waals surface area contributed by atoms with E-state index in [0.29, 0.717) is 11.3 Å². The van der Waals surface area contributed by atoms with Gasteiger partial charge in [0, 0.05) is 22.3 Å². The Hall–Kier alpha value is -1.20. The third-order valence-electron chi connectivity index (χ3n) is 2.24. The van der Waals surface area contributed by atoms with Crippen molar-refractivity contribution in [1.82, 2.24) is 0 Å². The largest absolute Gasteiger partial charge is 0.456 e. The first-order chi connectivity index (χ1) is 8.81. The van der Waals surface area contributed by atoms with Gasteiger partial charge in [0.15, 0.2) is 0 Å². The van der Waals surface area contributed by atoms with Crippen LogP contribution in [0.2, 0.25) is 0 Å². The second kappa shape index (κ2) is 6.82. The summed E-state index contributed by atoms with van der Waals surface area (Å²) in [6.07, 6.45) is 0. The average molecular weight is 284 g/mol. The maximum atomic E-state index is 11.8. The highest BCUT2D eigenvalue weighted by atomic mass is 32.2. The molecule has 0 spiro atoms. The number of hydrogen-bond donors (Lipinski definition) is 1. The summed E-state index contributed by atoms with van der Waals surface area (Å²) in [5.41, 5.74) is 0.837. The standard InChI is InChI=1S/C14H20O4S/c1-14(2,3)18-13(16)12-6-4-11(5-7-12)10-19(17)9-8-15/h4-7,15H,8-10H2,1-3H3. The van der Waals surface area contributed by atoms with Crippen LogP contribution in [-0.4, -0.2) is 33.2 Å². The van der Waals surface area contributed by atoms with Crippen LogP contribution in [-0.2, 0) is 21.3 Å². The number of aliphatic hydroxyl groups is 1. The van der Waals surface area contributed by atoms with Gasteiger partial charge in [0.1, 0.15) is 5.60 Å². The number of rotatable bonds is 5. The highest BCUT2D eigenvalue weighted by Crippen LogP contribution is 2.13. The number of aliphatic hydroxyl groups excluding tert-OH is 1. The van der Waals surface area contributed by atoms with Crippen molar-refractivity contribution in [3.63, 3.8) is 0 Å². The quantitative estimate of drug-likeness (QED) is 0.839. The van der Waals surface area contributed by atoms with Gasteiger partial charge in [0.2, 0.25) is 0 Å². The Labute approximate surface area is 116 Å². The molecule has 0 saturated heterocycles. The summed E-state index contributed by atoms with van der Waals surface area (Å²) in [7, 11) is -1.07. The average Bonchev–Trinajstić information content (AvgIpc) is 2.27. The lowest BCUT2D eigenvalue weighted by Gasteiger charge is -2.19. The molecule has 1 atom stereocenters. The van der Waals surface area contributed by atoms with E-state index in [9.17, 15) is 9.00 Å². The number of benzene rings is 1. The van der Waals surface area contributed by atoms with Crippen molar-refractivity contribution in [2.24, 2.45) is 0 Å². The van der Waals surface area contributed by atoms with Gasteiger partial charge in [-0.3, -0.25) is 4.21 Å². The molecule has 19 heavy (non-hydrogen) atoms. The van der Waals surface area contributed by atoms with E-state index in [1.165, 1.54) is 0 Å². The molecule has 0 aromatic heterocycles. The van der Waals surface area contributed by atoms with Gasteiger partial charge in [-0.25, -0.2) is 4.79 Å². The maximum absolute atomic E-state index is 11.8. The van der Waals surface area contributed by atoms with Crippen LogP contribution >= 0.6 is 0 Å². The fraction of sp³-hybridized carbons (Fsp3) is 0.500. The zero-order valence-corrected chi connectivity index (χ0v) is 12.3. The second-order valence-corrected chi connectivity index (χ2v) is 6.79. The fourth-order valence-electron chi connectivity index (χ4n) is 1.43. The van der Waals surface area contributed by atoms with E-state index < -0.39 is 16.4 Å². The zero-order valence-electron chi connectivity index (χ0n) is 11.5. The minimum atomic E-state index is -1.07. The summed E-state index contributed by atoms with van der Waals surface area (Å²) in [6.45, 7) is 5.37. The molecule has 5 heteroatoms. The minimum Gasteiger partial charge on any atom is -0.456 e. The number of ether oxygens (including phenoxy) is 1. The fourth-order valence-corrected chi connectivity index (χ4v) is 2.35. The molecular formula is C14H20O4S. The van der Waals surface area contributed by atoms with Crippen molar-refractivity contribution in [3.05, 3.63) is 35.4 Å². The number of esters is 1. The molecule has 0 saturated carbocycles. The summed E-state index contributed by atoms with van der Waals surface area (Å²) in [6, 6.07) is 6.85. The molecule has 0 amide bonds. The van der Waals surface area contributed by atoms with Gasteiger partial charge in [-0.15, -0.1) is 0 Å². The molecule has 1 aromatic carbocycles. The van der Waals surface area contributed by atoms with E-state index in [4.69, 9.17) is 9.84 Å². The number of carbonyl (C=O) groups excluding carboxylic acids is 1. The Morgan fingerprint density at radius 2 is 1.84 bits per heavy atom. The molecule has 1 N–H and O–H groups in total. The monoisotopic (exact) mass is 284 g/mol. The Kier molecular flexibility index (Phi) is 5.69. The summed E-state index contributed by atoms with van der Waals surface area (Å²) < 4.78 is 16.7. The van der Waals surface area contributed by atoms with Crippen LogP contribution in [0.15, 0.2) is 24.3 Å². The van der Waals surface area contributed by atoms with Crippen molar-refractivity contribution in [2.75, 3.05) is 12.4 Å². The van der Waals surface area contributed by atoms with Crippen molar-refractivity contribution in [2.45, 2.75) is 32.1 Å². The summed E-state index contributed by atoms with van der Waals surface area (Å²) in [5, 5.41) is 8.69. The third-order valence-corrected chi connectivity index (χ3v) is 3.53. The predicted octanol–water partition coefficient (Wildman–Crippen LogP) is 1.88. The molecule has 0 heterocycles. The molecule has 0 radical (unpaired) electrons.